The molecule has 2 saturated heterocycles. The van der Waals surface area contributed by atoms with Gasteiger partial charge in [-0.15, -0.1) is 0 Å². The van der Waals surface area contributed by atoms with Gasteiger partial charge in [-0.3, -0.25) is 44.0 Å². The first-order valence-electron chi connectivity index (χ1n) is 22.5. The van der Waals surface area contributed by atoms with Crippen molar-refractivity contribution >= 4 is 63.6 Å². The molecule has 4 aliphatic rings. The molecule has 3 aromatic carbocycles. The number of nitrogens with one attached hydrogen (secondary N) is 2. The number of rotatable bonds is 14. The number of hydrogen-bond donors (Lipinski definition) is 2. The van der Waals surface area contributed by atoms with E-state index in [9.17, 15) is 33.2 Å². The molecule has 0 spiro atoms. The molecule has 14 nitrogen and oxygen atoms in total. The molecule has 3 aliphatic heterocycles. The van der Waals surface area contributed by atoms with E-state index in [4.69, 9.17) is 25.8 Å². The van der Waals surface area contributed by atoms with Crippen LogP contribution in [-0.2, 0) is 28.7 Å². The van der Waals surface area contributed by atoms with Crippen LogP contribution in [0.15, 0.2) is 66.9 Å². The zero-order chi connectivity index (χ0) is 46.3. The molecule has 66 heavy (non-hydrogen) atoms. The lowest BCUT2D eigenvalue weighted by Crippen LogP contribution is -2.54. The molecule has 16 heteroatoms. The maximum Gasteiger partial charge on any atom is 0.263 e. The van der Waals surface area contributed by atoms with E-state index in [1.54, 1.807) is 53.6 Å². The van der Waals surface area contributed by atoms with Crippen molar-refractivity contribution in [1.29, 1.82) is 0 Å². The Morgan fingerprint density at radius 2 is 1.71 bits per heavy atom. The Labute approximate surface area is 386 Å². The minimum absolute atomic E-state index is 0.0218. The second-order valence-corrected chi connectivity index (χ2v) is 17.6. The summed E-state index contributed by atoms with van der Waals surface area (Å²) in [7, 11) is 0. The maximum atomic E-state index is 14.1. The zero-order valence-corrected chi connectivity index (χ0v) is 37.4. The van der Waals surface area contributed by atoms with Gasteiger partial charge in [-0.1, -0.05) is 36.4 Å². The van der Waals surface area contributed by atoms with Crippen LogP contribution in [0.5, 0.6) is 5.75 Å². The molecule has 1 aromatic heterocycles. The Bertz CT molecular complexity index is 2600. The number of hydrogen-bond acceptors (Lipinski definition) is 10. The molecule has 2 N–H and O–H groups in total. The Kier molecular flexibility index (Phi) is 14.7. The number of nitrogens with zero attached hydrogens (tertiary/aromatic N) is 3. The summed E-state index contributed by atoms with van der Waals surface area (Å²) in [5.74, 6) is 3.81. The molecule has 1 unspecified atom stereocenters. The fraction of sp³-hybridized carbons (Fsp3) is 0.420. The van der Waals surface area contributed by atoms with Crippen LogP contribution in [0.1, 0.15) is 102 Å². The summed E-state index contributed by atoms with van der Waals surface area (Å²) < 4.78 is 31.5. The van der Waals surface area contributed by atoms with Gasteiger partial charge in [0, 0.05) is 67.2 Å². The molecule has 344 valence electrons. The van der Waals surface area contributed by atoms with Gasteiger partial charge < -0.3 is 24.4 Å². The van der Waals surface area contributed by atoms with E-state index >= 15 is 0 Å². The standard InChI is InChI=1S/C50H51ClFN5O9/c1-30(31-7-9-32(10-8-31)37-17-21-53-41-14-11-34(52)28-39(37)41)47(60)54-35-12-13-40(51)43(29-35)66-36-18-22-56(23-19-36)45(59)20-25-65-27-26-64-24-3-5-33-4-2-6-38-46(33)50(63)57(49(38)62)42-15-16-44(58)55-48(42)61/h2,4,6,11-14,17,21,28-32,36,42H,7-10,15-16,18-20,22-27H2,1H3,(H,54,60)(H,55,58,61)/t30-,31-,32+,42?/m1/s1. The number of likely N-dealkylation sites (tertiary alicyclic amines) is 1. The predicted molar refractivity (Wildman–Crippen MR) is 242 cm³/mol. The summed E-state index contributed by atoms with van der Waals surface area (Å²) in [5, 5.41) is 6.54. The van der Waals surface area contributed by atoms with Crippen molar-refractivity contribution < 1.29 is 47.4 Å². The van der Waals surface area contributed by atoms with Gasteiger partial charge in [0.05, 0.1) is 47.9 Å². The smallest absolute Gasteiger partial charge is 0.263 e. The Balaban J connectivity index is 0.713. The Morgan fingerprint density at radius 3 is 2.50 bits per heavy atom. The highest BCUT2D eigenvalue weighted by Crippen LogP contribution is 2.41. The van der Waals surface area contributed by atoms with E-state index < -0.39 is 29.7 Å². The van der Waals surface area contributed by atoms with Gasteiger partial charge in [-0.25, -0.2) is 4.39 Å². The van der Waals surface area contributed by atoms with Gasteiger partial charge in [0.2, 0.25) is 23.6 Å². The number of aromatic nitrogens is 1. The van der Waals surface area contributed by atoms with Crippen molar-refractivity contribution in [1.82, 2.24) is 20.1 Å². The van der Waals surface area contributed by atoms with Crippen LogP contribution in [0.2, 0.25) is 5.02 Å². The normalized spacial score (nSPS) is 20.4. The van der Waals surface area contributed by atoms with Gasteiger partial charge in [0.25, 0.3) is 11.8 Å². The van der Waals surface area contributed by atoms with Crippen molar-refractivity contribution in [2.24, 2.45) is 11.8 Å². The fourth-order valence-electron chi connectivity index (χ4n) is 9.38. The van der Waals surface area contributed by atoms with E-state index in [0.29, 0.717) is 48.0 Å². The minimum atomic E-state index is -1.06. The third-order valence-electron chi connectivity index (χ3n) is 13.1. The van der Waals surface area contributed by atoms with Crippen LogP contribution >= 0.6 is 11.6 Å². The molecule has 4 aromatic rings. The number of anilines is 1. The first-order chi connectivity index (χ1) is 31.9. The van der Waals surface area contributed by atoms with Crippen LogP contribution in [0, 0.1) is 29.5 Å². The monoisotopic (exact) mass is 919 g/mol. The highest BCUT2D eigenvalue weighted by Gasteiger charge is 2.45. The number of benzene rings is 3. The number of piperidine rings is 2. The molecule has 4 heterocycles. The van der Waals surface area contributed by atoms with Crippen molar-refractivity contribution in [3.63, 3.8) is 0 Å². The Hall–Kier alpha value is -6.21. The Morgan fingerprint density at radius 1 is 0.924 bits per heavy atom. The second-order valence-electron chi connectivity index (χ2n) is 17.2. The molecular formula is C50H51ClFN5O9. The summed E-state index contributed by atoms with van der Waals surface area (Å²) in [5.41, 5.74) is 3.12. The van der Waals surface area contributed by atoms with Crippen LogP contribution in [0.3, 0.4) is 0 Å². The highest BCUT2D eigenvalue weighted by molar-refractivity contribution is 6.32. The molecular weight excluding hydrogens is 869 g/mol. The molecule has 1 aliphatic carbocycles. The van der Waals surface area contributed by atoms with Gasteiger partial charge in [0.1, 0.15) is 30.3 Å². The molecule has 6 amide bonds. The second kappa shape index (κ2) is 21.0. The summed E-state index contributed by atoms with van der Waals surface area (Å²) >= 11 is 6.53. The molecule has 3 fully saturated rings. The van der Waals surface area contributed by atoms with Gasteiger partial charge in [-0.2, -0.15) is 0 Å². The van der Waals surface area contributed by atoms with Crippen molar-refractivity contribution in [3.05, 3.63) is 100.0 Å². The lowest BCUT2D eigenvalue weighted by atomic mass is 9.73. The average molecular weight is 920 g/mol. The van der Waals surface area contributed by atoms with Gasteiger partial charge in [-0.05, 0) is 98.0 Å². The summed E-state index contributed by atoms with van der Waals surface area (Å²) in [6.45, 7) is 3.74. The first-order valence-corrected chi connectivity index (χ1v) is 22.9. The zero-order valence-electron chi connectivity index (χ0n) is 36.6. The lowest BCUT2D eigenvalue weighted by molar-refractivity contribution is -0.136. The van der Waals surface area contributed by atoms with Crippen molar-refractivity contribution in [2.75, 3.05) is 44.8 Å². The third-order valence-corrected chi connectivity index (χ3v) is 13.4. The summed E-state index contributed by atoms with van der Waals surface area (Å²) in [6, 6.07) is 15.6. The van der Waals surface area contributed by atoms with Crippen LogP contribution in [-0.4, -0.2) is 102 Å². The van der Waals surface area contributed by atoms with Crippen LogP contribution in [0.25, 0.3) is 10.9 Å². The third kappa shape index (κ3) is 10.6. The predicted octanol–water partition coefficient (Wildman–Crippen LogP) is 6.82. The SMILES string of the molecule is C[C@@H](C(=O)Nc1ccc(Cl)c(OC2CCN(C(=O)CCOCCOCC#Cc3cccc4c3C(=O)N(C3CCC(=O)NC3=O)C4=O)CC2)c1)[C@H]1CC[C@@H](c2ccnc3ccc(F)cc32)CC1. The van der Waals surface area contributed by atoms with Gasteiger partial charge in [0.15, 0.2) is 0 Å². The van der Waals surface area contributed by atoms with Crippen molar-refractivity contribution in [2.45, 2.75) is 82.8 Å². The number of carbonyl (C=O) groups is 6. The number of pyridine rings is 1. The molecule has 8 rings (SSSR count). The van der Waals surface area contributed by atoms with Crippen LogP contribution in [0.4, 0.5) is 10.1 Å². The first kappa shape index (κ1) is 46.3. The number of halogens is 2. The van der Waals surface area contributed by atoms with E-state index in [1.165, 1.54) is 12.1 Å². The molecule has 1 saturated carbocycles. The molecule has 0 radical (unpaired) electrons. The quantitative estimate of drug-likeness (QED) is 0.0777. The molecule has 2 atom stereocenters. The highest BCUT2D eigenvalue weighted by atomic mass is 35.5. The van der Waals surface area contributed by atoms with E-state index in [-0.39, 0.29) is 98.3 Å². The average Bonchev–Trinajstić information content (AvgIpc) is 3.57. The topological polar surface area (TPSA) is 174 Å². The number of carbonyl (C=O) groups excluding carboxylic acids is 6. The number of fused-ring (bicyclic) bond motifs is 2. The van der Waals surface area contributed by atoms with Crippen molar-refractivity contribution in [3.8, 4) is 17.6 Å². The largest absolute Gasteiger partial charge is 0.489 e. The number of amides is 6. The summed E-state index contributed by atoms with van der Waals surface area (Å²) in [6.07, 6.45) is 6.79. The lowest BCUT2D eigenvalue weighted by Gasteiger charge is -2.33. The maximum absolute atomic E-state index is 14.1. The van der Waals surface area contributed by atoms with E-state index in [1.807, 2.05) is 13.0 Å². The van der Waals surface area contributed by atoms with Crippen LogP contribution < -0.4 is 15.4 Å². The van der Waals surface area contributed by atoms with Gasteiger partial charge >= 0.3 is 0 Å². The molecule has 0 bridgehead atoms. The van der Waals surface area contributed by atoms with E-state index in [2.05, 4.69) is 27.5 Å². The number of ether oxygens (including phenoxy) is 3. The summed E-state index contributed by atoms with van der Waals surface area (Å²) in [4.78, 5) is 83.7. The fourth-order valence-corrected chi connectivity index (χ4v) is 9.54. The van der Waals surface area contributed by atoms with E-state index in [0.717, 1.165) is 47.0 Å². The minimum Gasteiger partial charge on any atom is -0.489 e. The number of imide groups is 2.